The van der Waals surface area contributed by atoms with Crippen molar-refractivity contribution in [3.05, 3.63) is 69.2 Å². The highest BCUT2D eigenvalue weighted by Gasteiger charge is 2.14. The van der Waals surface area contributed by atoms with Gasteiger partial charge in [-0.15, -0.1) is 5.10 Å². The van der Waals surface area contributed by atoms with Crippen LogP contribution in [-0.4, -0.2) is 48.1 Å². The summed E-state index contributed by atoms with van der Waals surface area (Å²) < 4.78 is 11.2. The molecule has 0 amide bonds. The fourth-order valence-electron chi connectivity index (χ4n) is 2.57. The van der Waals surface area contributed by atoms with Gasteiger partial charge in [-0.25, -0.2) is 11.0 Å². The van der Waals surface area contributed by atoms with Crippen LogP contribution in [0.3, 0.4) is 0 Å². The standard InChI is InChI=1S/C21H24Cl3N5O3/c1-29(27)28-21(26)13-2-4-15(5-3-13)32-12-14(30)10-19(25)17-11-16(6-7-18(17)22)31-9-8-20(23)24/h2-8,11,14,25,30H,9-10,12,27H2,1H3,(H2,26,28). The molecule has 0 aliphatic carbocycles. The van der Waals surface area contributed by atoms with Crippen LogP contribution in [0.1, 0.15) is 17.5 Å². The fourth-order valence-corrected chi connectivity index (χ4v) is 2.93. The van der Waals surface area contributed by atoms with Crippen molar-refractivity contribution in [3.8, 4) is 11.5 Å². The van der Waals surface area contributed by atoms with Gasteiger partial charge in [0.25, 0.3) is 0 Å². The predicted octanol–water partition coefficient (Wildman–Crippen LogP) is 3.66. The van der Waals surface area contributed by atoms with Crippen molar-refractivity contribution in [2.75, 3.05) is 20.3 Å². The molecule has 6 N–H and O–H groups in total. The fraction of sp³-hybridized carbons (Fsp3) is 0.238. The lowest BCUT2D eigenvalue weighted by Gasteiger charge is -2.15. The number of hydrogen-bond acceptors (Lipinski definition) is 7. The largest absolute Gasteiger partial charge is 0.491 e. The number of rotatable bonds is 11. The third-order valence-electron chi connectivity index (χ3n) is 4.05. The summed E-state index contributed by atoms with van der Waals surface area (Å²) in [5.41, 5.74) is 7.11. The number of ether oxygens (including phenoxy) is 2. The van der Waals surface area contributed by atoms with Crippen LogP contribution in [-0.2, 0) is 0 Å². The first-order valence-corrected chi connectivity index (χ1v) is 10.5. The van der Waals surface area contributed by atoms with Gasteiger partial charge in [-0.2, -0.15) is 0 Å². The van der Waals surface area contributed by atoms with Gasteiger partial charge in [0, 0.05) is 35.3 Å². The maximum Gasteiger partial charge on any atom is 0.152 e. The average molecular weight is 501 g/mol. The molecule has 0 heterocycles. The number of aliphatic hydroxyl groups excluding tert-OH is 1. The zero-order chi connectivity index (χ0) is 23.7. The molecule has 0 fully saturated rings. The molecule has 172 valence electrons. The molecule has 1 atom stereocenters. The van der Waals surface area contributed by atoms with Gasteiger partial charge in [-0.05, 0) is 48.5 Å². The zero-order valence-electron chi connectivity index (χ0n) is 17.3. The minimum absolute atomic E-state index is 0.0103. The first-order valence-electron chi connectivity index (χ1n) is 9.40. The molecular formula is C21H24Cl3N5O3. The van der Waals surface area contributed by atoms with E-state index in [9.17, 15) is 5.11 Å². The first kappa shape index (κ1) is 25.8. The van der Waals surface area contributed by atoms with Gasteiger partial charge in [0.15, 0.2) is 5.84 Å². The summed E-state index contributed by atoms with van der Waals surface area (Å²) in [6.07, 6.45) is 0.615. The van der Waals surface area contributed by atoms with E-state index in [0.717, 1.165) is 5.12 Å². The predicted molar refractivity (Wildman–Crippen MR) is 129 cm³/mol. The molecule has 0 bridgehead atoms. The van der Waals surface area contributed by atoms with Crippen LogP contribution in [0.15, 0.2) is 58.1 Å². The number of hydrazine groups is 1. The molecule has 0 aromatic heterocycles. The molecule has 2 aromatic rings. The summed E-state index contributed by atoms with van der Waals surface area (Å²) in [4.78, 5) is 0. The first-order chi connectivity index (χ1) is 15.2. The summed E-state index contributed by atoms with van der Waals surface area (Å²) in [6.45, 7) is 0.163. The molecule has 0 radical (unpaired) electrons. The number of nitrogens with zero attached hydrogens (tertiary/aromatic N) is 2. The van der Waals surface area contributed by atoms with Gasteiger partial charge in [0.05, 0.1) is 6.10 Å². The van der Waals surface area contributed by atoms with E-state index in [0.29, 0.717) is 27.6 Å². The number of aliphatic hydroxyl groups is 1. The van der Waals surface area contributed by atoms with Crippen molar-refractivity contribution >= 4 is 46.4 Å². The van der Waals surface area contributed by atoms with Crippen LogP contribution >= 0.6 is 34.8 Å². The van der Waals surface area contributed by atoms with Gasteiger partial charge >= 0.3 is 0 Å². The van der Waals surface area contributed by atoms with Crippen molar-refractivity contribution in [3.63, 3.8) is 0 Å². The topological polar surface area (TPSA) is 130 Å². The Balaban J connectivity index is 1.92. The highest BCUT2D eigenvalue weighted by molar-refractivity contribution is 6.55. The number of nitrogens with one attached hydrogen (secondary N) is 1. The minimum atomic E-state index is -0.918. The monoisotopic (exact) mass is 499 g/mol. The number of hydrogen-bond donors (Lipinski definition) is 4. The molecule has 0 aliphatic heterocycles. The van der Waals surface area contributed by atoms with E-state index in [1.807, 2.05) is 0 Å². The number of halogens is 3. The zero-order valence-corrected chi connectivity index (χ0v) is 19.5. The Morgan fingerprint density at radius 3 is 2.47 bits per heavy atom. The lowest BCUT2D eigenvalue weighted by Crippen LogP contribution is -2.25. The van der Waals surface area contributed by atoms with E-state index in [4.69, 9.17) is 61.3 Å². The van der Waals surface area contributed by atoms with Gasteiger partial charge in [0.1, 0.15) is 29.2 Å². The van der Waals surface area contributed by atoms with Crippen LogP contribution in [0.5, 0.6) is 11.5 Å². The number of hydrazone groups is 1. The van der Waals surface area contributed by atoms with Crippen molar-refractivity contribution < 1.29 is 14.6 Å². The Labute approximate surface area is 201 Å². The van der Waals surface area contributed by atoms with Crippen molar-refractivity contribution in [2.45, 2.75) is 12.5 Å². The SMILES string of the molecule is CN(N)/N=C(\N)c1ccc(OCC(O)CC(=N)c2cc(OCC=C(Cl)Cl)ccc2Cl)cc1. The molecule has 0 aliphatic rings. The van der Waals surface area contributed by atoms with Crippen LogP contribution in [0.25, 0.3) is 0 Å². The number of benzene rings is 2. The molecular weight excluding hydrogens is 477 g/mol. The average Bonchev–Trinajstić information content (AvgIpc) is 2.73. The van der Waals surface area contributed by atoms with Crippen LogP contribution in [0.4, 0.5) is 0 Å². The summed E-state index contributed by atoms with van der Waals surface area (Å²) in [5.74, 6) is 6.74. The highest BCUT2D eigenvalue weighted by atomic mass is 35.5. The second-order valence-corrected chi connectivity index (χ2v) is 8.09. The van der Waals surface area contributed by atoms with Gasteiger partial charge in [-0.1, -0.05) is 34.8 Å². The van der Waals surface area contributed by atoms with Crippen molar-refractivity contribution in [2.24, 2.45) is 16.7 Å². The Kier molecular flexibility index (Phi) is 10.1. The second kappa shape index (κ2) is 12.5. The van der Waals surface area contributed by atoms with E-state index < -0.39 is 6.10 Å². The molecule has 8 nitrogen and oxygen atoms in total. The Morgan fingerprint density at radius 2 is 1.84 bits per heavy atom. The second-order valence-electron chi connectivity index (χ2n) is 6.68. The van der Waals surface area contributed by atoms with E-state index in [2.05, 4.69) is 5.10 Å². The van der Waals surface area contributed by atoms with Crippen LogP contribution in [0, 0.1) is 5.41 Å². The van der Waals surface area contributed by atoms with E-state index in [-0.39, 0.29) is 35.7 Å². The van der Waals surface area contributed by atoms with Crippen molar-refractivity contribution in [1.29, 1.82) is 5.41 Å². The summed E-state index contributed by atoms with van der Waals surface area (Å²) in [7, 11) is 1.56. The number of nitrogens with two attached hydrogens (primary N) is 2. The molecule has 2 rings (SSSR count). The molecule has 0 spiro atoms. The number of amidine groups is 1. The van der Waals surface area contributed by atoms with Gasteiger partial charge in [0.2, 0.25) is 0 Å². The molecule has 1 unspecified atom stereocenters. The Morgan fingerprint density at radius 1 is 1.19 bits per heavy atom. The smallest absolute Gasteiger partial charge is 0.152 e. The third-order valence-corrected chi connectivity index (χ3v) is 4.69. The Bertz CT molecular complexity index is 977. The summed E-state index contributed by atoms with van der Waals surface area (Å²) >= 11 is 17.3. The quantitative estimate of drug-likeness (QED) is 0.161. The molecule has 11 heteroatoms. The minimum Gasteiger partial charge on any atom is -0.491 e. The van der Waals surface area contributed by atoms with Crippen molar-refractivity contribution in [1.82, 2.24) is 5.12 Å². The summed E-state index contributed by atoms with van der Waals surface area (Å²) in [5, 5.41) is 24.0. The van der Waals surface area contributed by atoms with Gasteiger partial charge in [-0.3, -0.25) is 0 Å². The van der Waals surface area contributed by atoms with Gasteiger partial charge < -0.3 is 25.7 Å². The van der Waals surface area contributed by atoms with E-state index in [1.165, 1.54) is 6.08 Å². The normalized spacial score (nSPS) is 12.1. The Hall–Kier alpha value is -2.49. The van der Waals surface area contributed by atoms with Crippen LogP contribution < -0.4 is 21.1 Å². The molecule has 32 heavy (non-hydrogen) atoms. The van der Waals surface area contributed by atoms with Crippen LogP contribution in [0.2, 0.25) is 5.02 Å². The highest BCUT2D eigenvalue weighted by Crippen LogP contribution is 2.24. The van der Waals surface area contributed by atoms with E-state index >= 15 is 0 Å². The lowest BCUT2D eigenvalue weighted by atomic mass is 10.0. The maximum atomic E-state index is 10.3. The maximum absolute atomic E-state index is 10.3. The summed E-state index contributed by atoms with van der Waals surface area (Å²) in [6, 6.07) is 11.8. The third kappa shape index (κ3) is 8.57. The molecule has 0 saturated carbocycles. The lowest BCUT2D eigenvalue weighted by molar-refractivity contribution is 0.113. The van der Waals surface area contributed by atoms with E-state index in [1.54, 1.807) is 49.5 Å². The molecule has 0 saturated heterocycles. The molecule has 2 aromatic carbocycles.